The summed E-state index contributed by atoms with van der Waals surface area (Å²) in [5, 5.41) is 3.18. The summed E-state index contributed by atoms with van der Waals surface area (Å²) in [6, 6.07) is 7.61. The van der Waals surface area contributed by atoms with Gasteiger partial charge in [-0.1, -0.05) is 0 Å². The number of hydrogen-bond acceptors (Lipinski definition) is 6. The van der Waals surface area contributed by atoms with Gasteiger partial charge in [0, 0.05) is 5.54 Å². The van der Waals surface area contributed by atoms with E-state index in [1.165, 1.54) is 43.7 Å². The molecule has 4 saturated carbocycles. The summed E-state index contributed by atoms with van der Waals surface area (Å²) in [5.74, 6) is 0.672. The number of carbonyl (C=O) groups excluding carboxylic acids is 4. The zero-order valence-electron chi connectivity index (χ0n) is 18.7. The van der Waals surface area contributed by atoms with Crippen molar-refractivity contribution < 1.29 is 28.3 Å². The zero-order valence-corrected chi connectivity index (χ0v) is 18.7. The van der Waals surface area contributed by atoms with Crippen molar-refractivity contribution in [3.63, 3.8) is 0 Å². The molecular formula is C26H26N2O6. The number of nitrogens with zero attached hydrogens (tertiary/aromatic N) is 1. The van der Waals surface area contributed by atoms with Crippen LogP contribution in [0.15, 0.2) is 41.0 Å². The molecule has 5 aliphatic rings. The van der Waals surface area contributed by atoms with E-state index in [-0.39, 0.29) is 41.3 Å². The third-order valence-corrected chi connectivity index (χ3v) is 7.88. The molecule has 8 heteroatoms. The minimum absolute atomic E-state index is 0.0175. The first-order valence-electron chi connectivity index (χ1n) is 11.9. The summed E-state index contributed by atoms with van der Waals surface area (Å²) < 4.78 is 10.5. The fraction of sp³-hybridized carbons (Fsp3) is 0.462. The van der Waals surface area contributed by atoms with E-state index in [0.29, 0.717) is 23.5 Å². The van der Waals surface area contributed by atoms with Crippen LogP contribution in [0.1, 0.15) is 75.4 Å². The molecule has 2 aromatic rings. The van der Waals surface area contributed by atoms with Gasteiger partial charge in [-0.25, -0.2) is 4.79 Å². The number of esters is 1. The second-order valence-corrected chi connectivity index (χ2v) is 10.4. The SMILES string of the molecule is O=C(COC(=O)c1ccc2c(c1)C(=O)N(Cc1ccco1)C2=O)NC12CC3CC(CC(C3)C1)C2. The van der Waals surface area contributed by atoms with Crippen LogP contribution in [0.2, 0.25) is 0 Å². The van der Waals surface area contributed by atoms with Gasteiger partial charge < -0.3 is 14.5 Å². The van der Waals surface area contributed by atoms with E-state index in [1.54, 1.807) is 12.1 Å². The number of amides is 3. The Balaban J connectivity index is 1.09. The molecule has 1 aliphatic heterocycles. The molecule has 0 spiro atoms. The van der Waals surface area contributed by atoms with Gasteiger partial charge in [0.25, 0.3) is 17.7 Å². The number of fused-ring (bicyclic) bond motifs is 1. The van der Waals surface area contributed by atoms with Crippen LogP contribution >= 0.6 is 0 Å². The normalized spacial score (nSPS) is 28.8. The standard InChI is InChI=1S/C26H26N2O6/c29-22(27-26-10-15-6-16(11-26)8-17(7-15)12-26)14-34-25(32)18-3-4-20-21(9-18)24(31)28(23(20)30)13-19-2-1-5-33-19/h1-5,9,15-17H,6-8,10-14H2,(H,27,29). The largest absolute Gasteiger partial charge is 0.467 e. The second-order valence-electron chi connectivity index (χ2n) is 10.4. The van der Waals surface area contributed by atoms with Gasteiger partial charge in [0.15, 0.2) is 6.61 Å². The van der Waals surface area contributed by atoms with Crippen LogP contribution in [0, 0.1) is 17.8 Å². The van der Waals surface area contributed by atoms with Gasteiger partial charge in [-0.15, -0.1) is 0 Å². The summed E-state index contributed by atoms with van der Waals surface area (Å²) in [4.78, 5) is 51.7. The highest BCUT2D eigenvalue weighted by Gasteiger charge is 2.51. The van der Waals surface area contributed by atoms with Gasteiger partial charge >= 0.3 is 5.97 Å². The van der Waals surface area contributed by atoms with Crippen LogP contribution in [0.4, 0.5) is 0 Å². The minimum Gasteiger partial charge on any atom is -0.467 e. The highest BCUT2D eigenvalue weighted by Crippen LogP contribution is 2.55. The number of benzene rings is 1. The van der Waals surface area contributed by atoms with Gasteiger partial charge in [0.2, 0.25) is 0 Å². The molecule has 7 rings (SSSR count). The highest BCUT2D eigenvalue weighted by atomic mass is 16.5. The van der Waals surface area contributed by atoms with E-state index in [0.717, 1.165) is 24.2 Å². The van der Waals surface area contributed by atoms with Gasteiger partial charge in [0.05, 0.1) is 29.5 Å². The molecule has 3 amide bonds. The lowest BCUT2D eigenvalue weighted by Gasteiger charge is -2.56. The van der Waals surface area contributed by atoms with E-state index >= 15 is 0 Å². The summed E-state index contributed by atoms with van der Waals surface area (Å²) in [5.41, 5.74) is 0.356. The van der Waals surface area contributed by atoms with Gasteiger partial charge in [0.1, 0.15) is 5.76 Å². The molecule has 8 nitrogen and oxygen atoms in total. The predicted molar refractivity (Wildman–Crippen MR) is 119 cm³/mol. The van der Waals surface area contributed by atoms with Crippen LogP contribution in [0.25, 0.3) is 0 Å². The van der Waals surface area contributed by atoms with Gasteiger partial charge in [-0.3, -0.25) is 19.3 Å². The molecule has 4 aliphatic carbocycles. The molecule has 0 atom stereocenters. The number of imide groups is 1. The molecule has 0 saturated heterocycles. The van der Waals surface area contributed by atoms with Crippen molar-refractivity contribution in [2.75, 3.05) is 6.61 Å². The summed E-state index contributed by atoms with van der Waals surface area (Å²) in [6.07, 6.45) is 8.38. The highest BCUT2D eigenvalue weighted by molar-refractivity contribution is 6.21. The average molecular weight is 463 g/mol. The van der Waals surface area contributed by atoms with E-state index in [4.69, 9.17) is 9.15 Å². The molecule has 0 unspecified atom stereocenters. The number of nitrogens with one attached hydrogen (secondary N) is 1. The first kappa shape index (κ1) is 21.1. The molecule has 4 fully saturated rings. The lowest BCUT2D eigenvalue weighted by atomic mass is 9.53. The number of hydrogen-bond donors (Lipinski definition) is 1. The summed E-state index contributed by atoms with van der Waals surface area (Å²) in [6.45, 7) is -0.348. The molecule has 2 heterocycles. The van der Waals surface area contributed by atoms with Gasteiger partial charge in [-0.05, 0) is 86.6 Å². The van der Waals surface area contributed by atoms with Crippen LogP contribution in [-0.2, 0) is 16.1 Å². The Morgan fingerprint density at radius 3 is 2.32 bits per heavy atom. The lowest BCUT2D eigenvalue weighted by molar-refractivity contribution is -0.130. The summed E-state index contributed by atoms with van der Waals surface area (Å²) >= 11 is 0. The molecule has 1 aromatic carbocycles. The van der Waals surface area contributed by atoms with Crippen LogP contribution in [-0.4, -0.2) is 40.7 Å². The van der Waals surface area contributed by atoms with Crippen molar-refractivity contribution in [3.05, 3.63) is 59.0 Å². The van der Waals surface area contributed by atoms with Crippen LogP contribution in [0.5, 0.6) is 0 Å². The fourth-order valence-electron chi connectivity index (χ4n) is 6.93. The van der Waals surface area contributed by atoms with Crippen molar-refractivity contribution in [3.8, 4) is 0 Å². The van der Waals surface area contributed by atoms with Gasteiger partial charge in [-0.2, -0.15) is 0 Å². The smallest absolute Gasteiger partial charge is 0.338 e. The zero-order chi connectivity index (χ0) is 23.4. The number of rotatable bonds is 6. The second kappa shape index (κ2) is 7.82. The van der Waals surface area contributed by atoms with Crippen LogP contribution < -0.4 is 5.32 Å². The van der Waals surface area contributed by atoms with Crippen molar-refractivity contribution in [2.45, 2.75) is 50.6 Å². The number of ether oxygens (including phenoxy) is 1. The van der Waals surface area contributed by atoms with E-state index < -0.39 is 17.8 Å². The average Bonchev–Trinajstić information content (AvgIpc) is 3.39. The van der Waals surface area contributed by atoms with Crippen molar-refractivity contribution in [2.24, 2.45) is 17.8 Å². The Bertz CT molecular complexity index is 1150. The summed E-state index contributed by atoms with van der Waals surface area (Å²) in [7, 11) is 0. The van der Waals surface area contributed by atoms with Crippen LogP contribution in [0.3, 0.4) is 0 Å². The van der Waals surface area contributed by atoms with Crippen molar-refractivity contribution in [1.82, 2.24) is 10.2 Å². The molecule has 4 bridgehead atoms. The Labute approximate surface area is 196 Å². The Kier molecular flexibility index (Phi) is 4.86. The quantitative estimate of drug-likeness (QED) is 0.522. The molecule has 1 N–H and O–H groups in total. The lowest BCUT2D eigenvalue weighted by Crippen LogP contribution is -2.60. The Hall–Kier alpha value is -3.42. The predicted octanol–water partition coefficient (Wildman–Crippen LogP) is 3.32. The molecule has 0 radical (unpaired) electrons. The number of carbonyl (C=O) groups is 4. The molecule has 176 valence electrons. The van der Waals surface area contributed by atoms with Crippen molar-refractivity contribution >= 4 is 23.7 Å². The molecule has 34 heavy (non-hydrogen) atoms. The molecule has 1 aromatic heterocycles. The number of furan rings is 1. The van der Waals surface area contributed by atoms with Crippen molar-refractivity contribution in [1.29, 1.82) is 0 Å². The first-order valence-corrected chi connectivity index (χ1v) is 11.9. The maximum atomic E-state index is 12.8. The van der Waals surface area contributed by atoms with E-state index in [1.807, 2.05) is 0 Å². The van der Waals surface area contributed by atoms with E-state index in [2.05, 4.69) is 5.32 Å². The maximum absolute atomic E-state index is 12.8. The molecular weight excluding hydrogens is 436 g/mol. The minimum atomic E-state index is -0.701. The maximum Gasteiger partial charge on any atom is 0.338 e. The van der Waals surface area contributed by atoms with E-state index in [9.17, 15) is 19.2 Å². The monoisotopic (exact) mass is 462 g/mol. The topological polar surface area (TPSA) is 106 Å². The third-order valence-electron chi connectivity index (χ3n) is 7.88. The Morgan fingerprint density at radius 2 is 1.68 bits per heavy atom. The third kappa shape index (κ3) is 3.61. The first-order chi connectivity index (χ1) is 16.4. The fourth-order valence-corrected chi connectivity index (χ4v) is 6.93. The Morgan fingerprint density at radius 1 is 1.00 bits per heavy atom.